The highest BCUT2D eigenvalue weighted by atomic mass is 16.5. The Morgan fingerprint density at radius 3 is 2.68 bits per heavy atom. The highest BCUT2D eigenvalue weighted by molar-refractivity contribution is 5.96. The van der Waals surface area contributed by atoms with Gasteiger partial charge in [0.2, 0.25) is 11.8 Å². The van der Waals surface area contributed by atoms with E-state index in [0.717, 1.165) is 18.5 Å². The van der Waals surface area contributed by atoms with Gasteiger partial charge in [0.25, 0.3) is 0 Å². The molecule has 1 fully saturated rings. The van der Waals surface area contributed by atoms with Crippen molar-refractivity contribution < 1.29 is 18.7 Å². The van der Waals surface area contributed by atoms with Crippen LogP contribution in [0.3, 0.4) is 0 Å². The van der Waals surface area contributed by atoms with Crippen molar-refractivity contribution in [1.82, 2.24) is 9.88 Å². The van der Waals surface area contributed by atoms with Crippen LogP contribution in [0.1, 0.15) is 23.2 Å². The molecule has 6 nitrogen and oxygen atoms in total. The number of esters is 1. The second kappa shape index (κ2) is 8.08. The molecule has 1 aliphatic heterocycles. The minimum absolute atomic E-state index is 0.115. The van der Waals surface area contributed by atoms with Crippen LogP contribution in [-0.4, -0.2) is 41.5 Å². The lowest BCUT2D eigenvalue weighted by Crippen LogP contribution is -2.29. The Morgan fingerprint density at radius 2 is 1.89 bits per heavy atom. The van der Waals surface area contributed by atoms with E-state index in [2.05, 4.69) is 4.98 Å². The monoisotopic (exact) mass is 376 g/mol. The minimum Gasteiger partial charge on any atom is -0.460 e. The van der Waals surface area contributed by atoms with Crippen LogP contribution >= 0.6 is 0 Å². The van der Waals surface area contributed by atoms with Gasteiger partial charge < -0.3 is 14.1 Å². The van der Waals surface area contributed by atoms with Gasteiger partial charge in [-0.1, -0.05) is 42.5 Å². The summed E-state index contributed by atoms with van der Waals surface area (Å²) in [6, 6.07) is 16.7. The average molecular weight is 376 g/mol. The van der Waals surface area contributed by atoms with Crippen LogP contribution in [0.4, 0.5) is 0 Å². The Kier molecular flexibility index (Phi) is 5.19. The number of ether oxygens (including phenoxy) is 1. The zero-order chi connectivity index (χ0) is 19.3. The highest BCUT2D eigenvalue weighted by Gasteiger charge is 2.21. The summed E-state index contributed by atoms with van der Waals surface area (Å²) in [5, 5.41) is 0. The van der Waals surface area contributed by atoms with Crippen molar-refractivity contribution in [3.05, 3.63) is 66.4 Å². The van der Waals surface area contributed by atoms with Gasteiger partial charge in [-0.15, -0.1) is 0 Å². The summed E-state index contributed by atoms with van der Waals surface area (Å²) in [6.45, 7) is 1.31. The zero-order valence-corrected chi connectivity index (χ0v) is 15.3. The van der Waals surface area contributed by atoms with Crippen LogP contribution in [0, 0.1) is 0 Å². The van der Waals surface area contributed by atoms with Gasteiger partial charge in [-0.3, -0.25) is 4.79 Å². The second-order valence-electron chi connectivity index (χ2n) is 6.56. The third-order valence-corrected chi connectivity index (χ3v) is 4.71. The van der Waals surface area contributed by atoms with E-state index >= 15 is 0 Å². The summed E-state index contributed by atoms with van der Waals surface area (Å²) in [5.74, 6) is 0.652. The predicted octanol–water partition coefficient (Wildman–Crippen LogP) is 3.79. The predicted molar refractivity (Wildman–Crippen MR) is 103 cm³/mol. The van der Waals surface area contributed by atoms with Gasteiger partial charge >= 0.3 is 5.97 Å². The van der Waals surface area contributed by atoms with Crippen LogP contribution in [-0.2, 0) is 9.53 Å². The van der Waals surface area contributed by atoms with Crippen molar-refractivity contribution >= 4 is 11.9 Å². The molecule has 0 atom stereocenters. The Labute approximate surface area is 162 Å². The Balaban J connectivity index is 1.48. The van der Waals surface area contributed by atoms with E-state index in [1.54, 1.807) is 29.3 Å². The lowest BCUT2D eigenvalue weighted by molar-refractivity contribution is -0.128. The minimum atomic E-state index is -0.457. The first-order valence-corrected chi connectivity index (χ1v) is 9.28. The van der Waals surface area contributed by atoms with Gasteiger partial charge in [-0.25, -0.2) is 9.78 Å². The van der Waals surface area contributed by atoms with Crippen LogP contribution in [0.25, 0.3) is 22.8 Å². The van der Waals surface area contributed by atoms with E-state index < -0.39 is 5.97 Å². The number of rotatable bonds is 6. The molecule has 2 aromatic carbocycles. The Bertz CT molecular complexity index is 981. The summed E-state index contributed by atoms with van der Waals surface area (Å²) in [7, 11) is 0. The maximum Gasteiger partial charge on any atom is 0.339 e. The summed E-state index contributed by atoms with van der Waals surface area (Å²) in [5.41, 5.74) is 1.88. The van der Waals surface area contributed by atoms with E-state index in [4.69, 9.17) is 9.15 Å². The molecular formula is C22H20N2O4. The topological polar surface area (TPSA) is 72.6 Å². The fourth-order valence-electron chi connectivity index (χ4n) is 3.25. The molecule has 1 aliphatic rings. The van der Waals surface area contributed by atoms with Gasteiger partial charge in [-0.05, 0) is 18.6 Å². The fraction of sp³-hybridized carbons (Fsp3) is 0.227. The smallest absolute Gasteiger partial charge is 0.339 e. The number of aromatic nitrogens is 1. The first kappa shape index (κ1) is 18.0. The number of oxazole rings is 1. The highest BCUT2D eigenvalue weighted by Crippen LogP contribution is 2.28. The lowest BCUT2D eigenvalue weighted by atomic mass is 10.1. The second-order valence-corrected chi connectivity index (χ2v) is 6.56. The van der Waals surface area contributed by atoms with E-state index in [0.29, 0.717) is 35.7 Å². The molecule has 0 aliphatic carbocycles. The molecule has 28 heavy (non-hydrogen) atoms. The number of likely N-dealkylation sites (tertiary alicyclic amines) is 1. The number of carbonyl (C=O) groups excluding carboxylic acids is 2. The third-order valence-electron chi connectivity index (χ3n) is 4.71. The van der Waals surface area contributed by atoms with Gasteiger partial charge in [0, 0.05) is 18.5 Å². The summed E-state index contributed by atoms with van der Waals surface area (Å²) >= 11 is 0. The molecular weight excluding hydrogens is 356 g/mol. The van der Waals surface area contributed by atoms with Crippen molar-refractivity contribution in [2.45, 2.75) is 12.8 Å². The maximum atomic E-state index is 12.6. The lowest BCUT2D eigenvalue weighted by Gasteiger charge is -2.15. The first-order chi connectivity index (χ1) is 13.7. The van der Waals surface area contributed by atoms with Crippen LogP contribution in [0.5, 0.6) is 0 Å². The number of nitrogens with zero attached hydrogens (tertiary/aromatic N) is 2. The van der Waals surface area contributed by atoms with Gasteiger partial charge in [0.1, 0.15) is 6.61 Å². The quantitative estimate of drug-likeness (QED) is 0.612. The molecule has 142 valence electrons. The molecule has 0 N–H and O–H groups in total. The molecule has 0 spiro atoms. The zero-order valence-electron chi connectivity index (χ0n) is 15.3. The molecule has 3 aromatic rings. The average Bonchev–Trinajstić information content (AvgIpc) is 3.38. The van der Waals surface area contributed by atoms with Crippen LogP contribution < -0.4 is 0 Å². The van der Waals surface area contributed by atoms with Crippen molar-refractivity contribution in [1.29, 1.82) is 0 Å². The van der Waals surface area contributed by atoms with Gasteiger partial charge in [0.15, 0.2) is 5.76 Å². The van der Waals surface area contributed by atoms with E-state index in [1.807, 2.05) is 36.4 Å². The van der Waals surface area contributed by atoms with Gasteiger partial charge in [-0.2, -0.15) is 0 Å². The van der Waals surface area contributed by atoms with Crippen LogP contribution in [0.15, 0.2) is 65.2 Å². The van der Waals surface area contributed by atoms with E-state index in [1.165, 1.54) is 0 Å². The molecule has 6 heteroatoms. The van der Waals surface area contributed by atoms with Crippen molar-refractivity contribution in [3.8, 4) is 22.8 Å². The molecule has 0 unspecified atom stereocenters. The van der Waals surface area contributed by atoms with E-state index in [9.17, 15) is 9.59 Å². The molecule has 1 aromatic heterocycles. The molecule has 0 bridgehead atoms. The number of carbonyl (C=O) groups is 2. The summed E-state index contributed by atoms with van der Waals surface area (Å²) < 4.78 is 11.3. The molecule has 4 rings (SSSR count). The van der Waals surface area contributed by atoms with Crippen molar-refractivity contribution in [3.63, 3.8) is 0 Å². The molecule has 2 heterocycles. The van der Waals surface area contributed by atoms with E-state index in [-0.39, 0.29) is 12.5 Å². The molecule has 0 radical (unpaired) electrons. The fourth-order valence-corrected chi connectivity index (χ4v) is 3.25. The van der Waals surface area contributed by atoms with Gasteiger partial charge in [0.05, 0.1) is 23.9 Å². The van der Waals surface area contributed by atoms with Crippen molar-refractivity contribution in [2.24, 2.45) is 0 Å². The maximum absolute atomic E-state index is 12.6. The molecule has 0 saturated carbocycles. The number of benzene rings is 2. The Morgan fingerprint density at radius 1 is 1.11 bits per heavy atom. The first-order valence-electron chi connectivity index (χ1n) is 9.28. The SMILES string of the molecule is O=C(OCCN1CCCC1=O)c1ccccc1-c1ncc(-c2ccccc2)o1. The normalized spacial score (nSPS) is 13.7. The largest absolute Gasteiger partial charge is 0.460 e. The number of amides is 1. The number of hydrogen-bond donors (Lipinski definition) is 0. The Hall–Kier alpha value is -3.41. The molecule has 1 saturated heterocycles. The van der Waals surface area contributed by atoms with Crippen molar-refractivity contribution in [2.75, 3.05) is 19.7 Å². The third kappa shape index (κ3) is 3.81. The number of hydrogen-bond acceptors (Lipinski definition) is 5. The molecule has 1 amide bonds. The van der Waals surface area contributed by atoms with Crippen LogP contribution in [0.2, 0.25) is 0 Å². The summed E-state index contributed by atoms with van der Waals surface area (Å²) in [6.07, 6.45) is 3.08. The summed E-state index contributed by atoms with van der Waals surface area (Å²) in [4.78, 5) is 30.3. The standard InChI is InChI=1S/C22H20N2O4/c25-20-11-6-12-24(20)13-14-27-22(26)18-10-5-4-9-17(18)21-23-15-19(28-21)16-7-2-1-3-8-16/h1-5,7-10,15H,6,11-14H2.